The summed E-state index contributed by atoms with van der Waals surface area (Å²) in [7, 11) is 0. The summed E-state index contributed by atoms with van der Waals surface area (Å²) in [6, 6.07) is 1.98. The van der Waals surface area contributed by atoms with E-state index >= 15 is 0 Å². The molecule has 0 aliphatic heterocycles. The molecule has 0 aromatic carbocycles. The number of thiophene rings is 1. The highest BCUT2D eigenvalue weighted by Gasteiger charge is 2.28. The molecule has 1 heterocycles. The first-order valence-corrected chi connectivity index (χ1v) is 6.29. The van der Waals surface area contributed by atoms with Crippen molar-refractivity contribution in [3.05, 3.63) is 25.0 Å². The second-order valence-electron chi connectivity index (χ2n) is 2.56. The highest BCUT2D eigenvalue weighted by Crippen LogP contribution is 2.44. The Bertz CT molecular complexity index is 403. The molecule has 0 atom stereocenters. The predicted octanol–water partition coefficient (Wildman–Crippen LogP) is 3.79. The van der Waals surface area contributed by atoms with Gasteiger partial charge in [-0.1, -0.05) is 0 Å². The monoisotopic (exact) mass is 402 g/mol. The van der Waals surface area contributed by atoms with Crippen LogP contribution >= 0.6 is 56.5 Å². The Morgan fingerprint density at radius 1 is 1.33 bits per heavy atom. The number of carbonyl (C=O) groups is 1. The van der Waals surface area contributed by atoms with Crippen LogP contribution in [0, 0.1) is 6.92 Å². The van der Waals surface area contributed by atoms with Crippen LogP contribution in [-0.2, 0) is 0 Å². The Hall–Kier alpha value is 0.570. The van der Waals surface area contributed by atoms with E-state index in [0.717, 1.165) is 17.6 Å². The molecule has 0 radical (unpaired) electrons. The fourth-order valence-corrected chi connectivity index (χ4v) is 3.72. The maximum Gasteiger partial charge on any atom is 0.201 e. The highest BCUT2D eigenvalue weighted by molar-refractivity contribution is 14.1. The first kappa shape index (κ1) is 9.14. The SMILES string of the molecule is Cc1cc2c(s1)C(I)=C(I)C2=O. The molecule has 1 aromatic rings. The van der Waals surface area contributed by atoms with Gasteiger partial charge in [0.25, 0.3) is 0 Å². The first-order chi connectivity index (χ1) is 5.61. The number of aryl methyl sites for hydroxylation is 1. The third-order valence-electron chi connectivity index (χ3n) is 1.69. The van der Waals surface area contributed by atoms with E-state index in [1.54, 1.807) is 11.3 Å². The van der Waals surface area contributed by atoms with Crippen LogP contribution in [-0.4, -0.2) is 5.78 Å². The lowest BCUT2D eigenvalue weighted by Gasteiger charge is -1.87. The predicted molar refractivity (Wildman–Crippen MR) is 68.3 cm³/mol. The summed E-state index contributed by atoms with van der Waals surface area (Å²) in [4.78, 5) is 13.9. The number of hydrogen-bond donors (Lipinski definition) is 0. The van der Waals surface area contributed by atoms with Gasteiger partial charge >= 0.3 is 0 Å². The first-order valence-electron chi connectivity index (χ1n) is 3.32. The summed E-state index contributed by atoms with van der Waals surface area (Å²) < 4.78 is 1.99. The van der Waals surface area contributed by atoms with Crippen molar-refractivity contribution < 1.29 is 4.79 Å². The maximum absolute atomic E-state index is 11.6. The van der Waals surface area contributed by atoms with Gasteiger partial charge in [0.15, 0.2) is 0 Å². The summed E-state index contributed by atoms with van der Waals surface area (Å²) in [5.74, 6) is 0.194. The van der Waals surface area contributed by atoms with Crippen molar-refractivity contribution in [3.8, 4) is 0 Å². The van der Waals surface area contributed by atoms with Crippen molar-refractivity contribution in [1.29, 1.82) is 0 Å². The lowest BCUT2D eigenvalue weighted by atomic mass is 10.2. The number of carbonyl (C=O) groups excluding carboxylic acids is 1. The molecular weight excluding hydrogens is 398 g/mol. The summed E-state index contributed by atoms with van der Waals surface area (Å²) in [5.41, 5.74) is 0.895. The fraction of sp³-hybridized carbons (Fsp3) is 0.125. The van der Waals surface area contributed by atoms with Crippen LogP contribution in [0.5, 0.6) is 0 Å². The van der Waals surface area contributed by atoms with Crippen molar-refractivity contribution >= 4 is 65.9 Å². The standard InChI is InChI=1S/C8H4I2OS/c1-3-2-4-7(11)5(9)6(10)8(4)12-3/h2H,1H3. The zero-order valence-corrected chi connectivity index (χ0v) is 11.3. The summed E-state index contributed by atoms with van der Waals surface area (Å²) in [5, 5.41) is 0. The van der Waals surface area contributed by atoms with Gasteiger partial charge < -0.3 is 0 Å². The molecule has 1 aliphatic rings. The van der Waals surface area contributed by atoms with E-state index in [0.29, 0.717) is 0 Å². The van der Waals surface area contributed by atoms with Crippen LogP contribution in [0.2, 0.25) is 0 Å². The summed E-state index contributed by atoms with van der Waals surface area (Å²) >= 11 is 6.06. The normalized spacial score (nSPS) is 15.8. The fourth-order valence-electron chi connectivity index (χ4n) is 1.16. The second-order valence-corrected chi connectivity index (χ2v) is 5.97. The molecule has 0 unspecified atom stereocenters. The topological polar surface area (TPSA) is 17.1 Å². The number of ketones is 1. The zero-order valence-electron chi connectivity index (χ0n) is 6.15. The van der Waals surface area contributed by atoms with E-state index in [1.807, 2.05) is 13.0 Å². The molecule has 12 heavy (non-hydrogen) atoms. The molecule has 4 heteroatoms. The van der Waals surface area contributed by atoms with Crippen LogP contribution < -0.4 is 0 Å². The van der Waals surface area contributed by atoms with E-state index in [4.69, 9.17) is 0 Å². The maximum atomic E-state index is 11.6. The molecule has 0 spiro atoms. The molecule has 0 saturated carbocycles. The number of rotatable bonds is 0. The van der Waals surface area contributed by atoms with Crippen molar-refractivity contribution in [1.82, 2.24) is 0 Å². The minimum atomic E-state index is 0.194. The van der Waals surface area contributed by atoms with Crippen LogP contribution in [0.25, 0.3) is 3.58 Å². The summed E-state index contributed by atoms with van der Waals surface area (Å²) in [6.07, 6.45) is 0. The third-order valence-corrected chi connectivity index (χ3v) is 6.27. The molecule has 1 aliphatic carbocycles. The Morgan fingerprint density at radius 3 is 2.58 bits per heavy atom. The van der Waals surface area contributed by atoms with Gasteiger partial charge in [-0.05, 0) is 58.2 Å². The molecule has 0 amide bonds. The second kappa shape index (κ2) is 3.06. The molecule has 1 aromatic heterocycles. The van der Waals surface area contributed by atoms with Crippen molar-refractivity contribution in [2.24, 2.45) is 0 Å². The Morgan fingerprint density at radius 2 is 2.00 bits per heavy atom. The van der Waals surface area contributed by atoms with Gasteiger partial charge in [0, 0.05) is 14.0 Å². The summed E-state index contributed by atoms with van der Waals surface area (Å²) in [6.45, 7) is 2.03. The Labute approximate surface area is 102 Å². The molecule has 0 bridgehead atoms. The van der Waals surface area contributed by atoms with Crippen LogP contribution in [0.15, 0.2) is 9.65 Å². The lowest BCUT2D eigenvalue weighted by Crippen LogP contribution is -1.90. The van der Waals surface area contributed by atoms with Crippen LogP contribution in [0.3, 0.4) is 0 Å². The average molecular weight is 402 g/mol. The van der Waals surface area contributed by atoms with E-state index in [-0.39, 0.29) is 5.78 Å². The Balaban J connectivity index is 2.71. The van der Waals surface area contributed by atoms with Crippen molar-refractivity contribution in [2.45, 2.75) is 6.92 Å². The van der Waals surface area contributed by atoms with Gasteiger partial charge in [-0.15, -0.1) is 11.3 Å². The van der Waals surface area contributed by atoms with Gasteiger partial charge in [-0.3, -0.25) is 4.79 Å². The molecular formula is C8H4I2OS. The van der Waals surface area contributed by atoms with Gasteiger partial charge in [0.1, 0.15) is 0 Å². The van der Waals surface area contributed by atoms with E-state index in [9.17, 15) is 4.79 Å². The number of halogens is 2. The molecule has 0 N–H and O–H groups in total. The lowest BCUT2D eigenvalue weighted by molar-refractivity contribution is 0.104. The Kier molecular flexibility index (Phi) is 2.33. The van der Waals surface area contributed by atoms with Gasteiger partial charge in [-0.2, -0.15) is 0 Å². The quantitative estimate of drug-likeness (QED) is 0.604. The third kappa shape index (κ3) is 1.19. The minimum Gasteiger partial charge on any atom is -0.288 e. The largest absolute Gasteiger partial charge is 0.288 e. The number of hydrogen-bond acceptors (Lipinski definition) is 2. The van der Waals surface area contributed by atoms with Crippen molar-refractivity contribution in [3.63, 3.8) is 0 Å². The smallest absolute Gasteiger partial charge is 0.201 e. The molecule has 2 rings (SSSR count). The van der Waals surface area contributed by atoms with Gasteiger partial charge in [0.2, 0.25) is 5.78 Å². The molecule has 62 valence electrons. The molecule has 0 fully saturated rings. The zero-order chi connectivity index (χ0) is 8.88. The number of allylic oxidation sites excluding steroid dienone is 1. The minimum absolute atomic E-state index is 0.194. The molecule has 1 nitrogen and oxygen atoms in total. The average Bonchev–Trinajstić information content (AvgIpc) is 2.49. The van der Waals surface area contributed by atoms with Gasteiger partial charge in [0.05, 0.1) is 8.46 Å². The van der Waals surface area contributed by atoms with E-state index in [1.165, 1.54) is 4.88 Å². The number of fused-ring (bicyclic) bond motifs is 1. The number of Topliss-reactive ketones (excluding diaryl/α,β-unsaturated/α-hetero) is 1. The molecule has 0 saturated heterocycles. The van der Waals surface area contributed by atoms with Crippen LogP contribution in [0.4, 0.5) is 0 Å². The van der Waals surface area contributed by atoms with E-state index < -0.39 is 0 Å². The van der Waals surface area contributed by atoms with Crippen molar-refractivity contribution in [2.75, 3.05) is 0 Å². The van der Waals surface area contributed by atoms with E-state index in [2.05, 4.69) is 45.2 Å². The highest BCUT2D eigenvalue weighted by atomic mass is 127. The van der Waals surface area contributed by atoms with Crippen LogP contribution in [0.1, 0.15) is 20.1 Å². The van der Waals surface area contributed by atoms with Gasteiger partial charge in [-0.25, -0.2) is 0 Å².